The van der Waals surface area contributed by atoms with Crippen LogP contribution in [-0.2, 0) is 9.59 Å². The number of nitrogens with one attached hydrogen (secondary N) is 1. The van der Waals surface area contributed by atoms with E-state index in [4.69, 9.17) is 4.99 Å². The number of fused-ring (bicyclic) bond motifs is 2. The topological polar surface area (TPSA) is 61.8 Å². The van der Waals surface area contributed by atoms with Crippen molar-refractivity contribution in [3.63, 3.8) is 0 Å². The lowest BCUT2D eigenvalue weighted by Crippen LogP contribution is -2.46. The lowest BCUT2D eigenvalue weighted by Gasteiger charge is -2.27. The van der Waals surface area contributed by atoms with E-state index >= 15 is 0 Å². The summed E-state index contributed by atoms with van der Waals surface area (Å²) >= 11 is 0. The zero-order valence-corrected chi connectivity index (χ0v) is 16.4. The maximum absolute atomic E-state index is 13.3. The molecule has 1 aliphatic heterocycles. The molecule has 0 spiro atoms. The van der Waals surface area contributed by atoms with Crippen LogP contribution in [0.2, 0.25) is 0 Å². The summed E-state index contributed by atoms with van der Waals surface area (Å²) in [6.07, 6.45) is 8.41. The first-order valence-corrected chi connectivity index (χ1v) is 10.3. The summed E-state index contributed by atoms with van der Waals surface area (Å²) in [4.78, 5) is 32.6. The van der Waals surface area contributed by atoms with Crippen molar-refractivity contribution in [2.45, 2.75) is 71.3 Å². The van der Waals surface area contributed by atoms with E-state index in [9.17, 15) is 9.59 Å². The van der Waals surface area contributed by atoms with Gasteiger partial charge in [-0.1, -0.05) is 19.3 Å². The molecular formula is C22H29N3O2. The van der Waals surface area contributed by atoms with E-state index in [0.29, 0.717) is 0 Å². The first-order valence-electron chi connectivity index (χ1n) is 10.3. The number of rotatable bonds is 3. The SMILES string of the molecule is Cc1cc2c(cc1C)N(CC(=O)NC1CCCCC1)C(=O)C1CCCC1=N2. The number of anilines is 1. The van der Waals surface area contributed by atoms with E-state index in [-0.39, 0.29) is 30.3 Å². The first-order chi connectivity index (χ1) is 13.0. The van der Waals surface area contributed by atoms with Crippen LogP contribution in [0.1, 0.15) is 62.5 Å². The van der Waals surface area contributed by atoms with Crippen LogP contribution in [0.5, 0.6) is 0 Å². The Morgan fingerprint density at radius 3 is 2.63 bits per heavy atom. The lowest BCUT2D eigenvalue weighted by atomic mass is 9.95. The van der Waals surface area contributed by atoms with Gasteiger partial charge in [0.05, 0.1) is 17.3 Å². The average molecular weight is 367 g/mol. The summed E-state index contributed by atoms with van der Waals surface area (Å²) < 4.78 is 0. The third kappa shape index (κ3) is 3.64. The van der Waals surface area contributed by atoms with Gasteiger partial charge in [0.1, 0.15) is 6.54 Å². The van der Waals surface area contributed by atoms with Gasteiger partial charge in [-0.3, -0.25) is 14.6 Å². The number of aryl methyl sites for hydroxylation is 2. The molecule has 1 N–H and O–H groups in total. The molecule has 5 heteroatoms. The molecule has 1 atom stereocenters. The van der Waals surface area contributed by atoms with Gasteiger partial charge in [0.15, 0.2) is 0 Å². The summed E-state index contributed by atoms with van der Waals surface area (Å²) in [7, 11) is 0. The Balaban J connectivity index is 1.62. The average Bonchev–Trinajstić information content (AvgIpc) is 3.08. The van der Waals surface area contributed by atoms with Gasteiger partial charge in [-0.05, 0) is 69.2 Å². The Bertz CT molecular complexity index is 793. The summed E-state index contributed by atoms with van der Waals surface area (Å²) in [5.74, 6) is -0.187. The molecule has 1 unspecified atom stereocenters. The van der Waals surface area contributed by atoms with Crippen LogP contribution in [0, 0.1) is 19.8 Å². The van der Waals surface area contributed by atoms with E-state index in [1.165, 1.54) is 19.3 Å². The van der Waals surface area contributed by atoms with Gasteiger partial charge >= 0.3 is 0 Å². The highest BCUT2D eigenvalue weighted by Crippen LogP contribution is 2.39. The molecule has 2 amide bonds. The standard InChI is InChI=1S/C22H29N3O2/c1-14-11-19-20(12-15(14)2)25(22(27)17-9-6-10-18(17)24-19)13-21(26)23-16-7-4-3-5-8-16/h11-12,16-17H,3-10,13H2,1-2H3,(H,23,26). The first kappa shape index (κ1) is 18.2. The molecule has 2 fully saturated rings. The Hall–Kier alpha value is -2.17. The largest absolute Gasteiger partial charge is 0.352 e. The molecule has 0 radical (unpaired) electrons. The molecule has 0 aromatic heterocycles. The van der Waals surface area contributed by atoms with Gasteiger partial charge < -0.3 is 10.2 Å². The van der Waals surface area contributed by atoms with Crippen molar-refractivity contribution >= 4 is 28.9 Å². The normalized spacial score (nSPS) is 22.7. The van der Waals surface area contributed by atoms with E-state index in [2.05, 4.69) is 18.3 Å². The van der Waals surface area contributed by atoms with Crippen molar-refractivity contribution in [1.29, 1.82) is 0 Å². The van der Waals surface area contributed by atoms with E-state index < -0.39 is 0 Å². The van der Waals surface area contributed by atoms with Crippen molar-refractivity contribution in [2.24, 2.45) is 10.9 Å². The number of nitrogens with zero attached hydrogens (tertiary/aromatic N) is 2. The predicted octanol–water partition coefficient (Wildman–Crippen LogP) is 3.97. The molecule has 4 rings (SSSR count). The molecule has 0 saturated heterocycles. The van der Waals surface area contributed by atoms with Crippen molar-refractivity contribution in [1.82, 2.24) is 5.32 Å². The second-order valence-electron chi connectivity index (χ2n) is 8.30. The van der Waals surface area contributed by atoms with E-state index in [1.54, 1.807) is 4.90 Å². The number of amides is 2. The van der Waals surface area contributed by atoms with Crippen LogP contribution in [0.3, 0.4) is 0 Å². The minimum absolute atomic E-state index is 0.0343. The Morgan fingerprint density at radius 1 is 1.11 bits per heavy atom. The van der Waals surface area contributed by atoms with Gasteiger partial charge in [0.2, 0.25) is 11.8 Å². The van der Waals surface area contributed by atoms with Crippen molar-refractivity contribution in [3.8, 4) is 0 Å². The fourth-order valence-corrected chi connectivity index (χ4v) is 4.61. The monoisotopic (exact) mass is 367 g/mol. The Morgan fingerprint density at radius 2 is 1.85 bits per heavy atom. The zero-order valence-electron chi connectivity index (χ0n) is 16.4. The van der Waals surface area contributed by atoms with E-state index in [1.807, 2.05) is 13.0 Å². The molecule has 144 valence electrons. The second-order valence-corrected chi connectivity index (χ2v) is 8.30. The van der Waals surface area contributed by atoms with Gasteiger partial charge in [0, 0.05) is 11.8 Å². The van der Waals surface area contributed by atoms with Gasteiger partial charge in [-0.2, -0.15) is 0 Å². The molecule has 0 bridgehead atoms. The third-order valence-corrected chi connectivity index (χ3v) is 6.31. The molecule has 1 heterocycles. The maximum atomic E-state index is 13.3. The fraction of sp³-hybridized carbons (Fsp3) is 0.591. The number of benzene rings is 1. The van der Waals surface area contributed by atoms with Crippen molar-refractivity contribution in [3.05, 3.63) is 23.3 Å². The smallest absolute Gasteiger partial charge is 0.240 e. The second kappa shape index (κ2) is 7.45. The quantitative estimate of drug-likeness (QED) is 0.879. The van der Waals surface area contributed by atoms with Crippen LogP contribution in [-0.4, -0.2) is 30.1 Å². The zero-order chi connectivity index (χ0) is 19.0. The minimum Gasteiger partial charge on any atom is -0.352 e. The minimum atomic E-state index is -0.166. The van der Waals surface area contributed by atoms with Gasteiger partial charge in [-0.15, -0.1) is 0 Å². The van der Waals surface area contributed by atoms with Gasteiger partial charge in [0.25, 0.3) is 0 Å². The van der Waals surface area contributed by atoms with Crippen molar-refractivity contribution < 1.29 is 9.59 Å². The Labute approximate surface area is 161 Å². The number of aliphatic imine (C=N–C) groups is 1. The molecule has 5 nitrogen and oxygen atoms in total. The number of carbonyl (C=O) groups is 2. The molecule has 3 aliphatic rings. The molecule has 2 aliphatic carbocycles. The highest BCUT2D eigenvalue weighted by molar-refractivity contribution is 6.16. The highest BCUT2D eigenvalue weighted by atomic mass is 16.2. The number of hydrogen-bond acceptors (Lipinski definition) is 3. The Kier molecular flexibility index (Phi) is 5.02. The summed E-state index contributed by atoms with van der Waals surface area (Å²) in [6, 6.07) is 4.32. The number of carbonyl (C=O) groups excluding carboxylic acids is 2. The molecule has 2 saturated carbocycles. The highest BCUT2D eigenvalue weighted by Gasteiger charge is 2.37. The van der Waals surface area contributed by atoms with Crippen LogP contribution >= 0.6 is 0 Å². The summed E-state index contributed by atoms with van der Waals surface area (Å²) in [5, 5.41) is 3.15. The lowest BCUT2D eigenvalue weighted by molar-refractivity contribution is -0.125. The molecule has 27 heavy (non-hydrogen) atoms. The van der Waals surface area contributed by atoms with Crippen LogP contribution in [0.15, 0.2) is 17.1 Å². The predicted molar refractivity (Wildman–Crippen MR) is 108 cm³/mol. The summed E-state index contributed by atoms with van der Waals surface area (Å²) in [6.45, 7) is 4.19. The molecule has 1 aromatic rings. The van der Waals surface area contributed by atoms with Gasteiger partial charge in [-0.25, -0.2) is 0 Å². The molecular weight excluding hydrogens is 338 g/mol. The van der Waals surface area contributed by atoms with Crippen molar-refractivity contribution in [2.75, 3.05) is 11.4 Å². The van der Waals surface area contributed by atoms with Crippen LogP contribution in [0.4, 0.5) is 11.4 Å². The fourth-order valence-electron chi connectivity index (χ4n) is 4.61. The maximum Gasteiger partial charge on any atom is 0.240 e. The number of hydrogen-bond donors (Lipinski definition) is 1. The van der Waals surface area contributed by atoms with Crippen LogP contribution in [0.25, 0.3) is 0 Å². The third-order valence-electron chi connectivity index (χ3n) is 6.31. The molecule has 1 aromatic carbocycles. The summed E-state index contributed by atoms with van der Waals surface area (Å²) in [5.41, 5.74) is 4.87. The van der Waals surface area contributed by atoms with E-state index in [0.717, 1.165) is 60.3 Å². The van der Waals surface area contributed by atoms with Crippen LogP contribution < -0.4 is 10.2 Å².